The zero-order valence-corrected chi connectivity index (χ0v) is 10.2. The Kier molecular flexibility index (Phi) is 4.03. The lowest BCUT2D eigenvalue weighted by atomic mass is 10.1. The van der Waals surface area contributed by atoms with Crippen molar-refractivity contribution in [2.24, 2.45) is 0 Å². The van der Waals surface area contributed by atoms with Crippen LogP contribution in [0.5, 0.6) is 11.5 Å². The maximum absolute atomic E-state index is 10.5. The van der Waals surface area contributed by atoms with Gasteiger partial charge in [-0.3, -0.25) is 4.79 Å². The van der Waals surface area contributed by atoms with Crippen molar-refractivity contribution >= 4 is 5.97 Å². The molecule has 0 amide bonds. The number of aliphatic carboxylic acids is 1. The largest absolute Gasteiger partial charge is 0.508 e. The first-order valence-corrected chi connectivity index (χ1v) is 5.85. The predicted molar refractivity (Wildman–Crippen MR) is 70.2 cm³/mol. The number of carboxylic acids is 1. The molecule has 19 heavy (non-hydrogen) atoms. The fraction of sp³-hybridized carbons (Fsp3) is 0.133. The average Bonchev–Trinajstić information content (AvgIpc) is 2.39. The molecule has 4 heteroatoms. The van der Waals surface area contributed by atoms with Crippen molar-refractivity contribution in [3.05, 3.63) is 59.7 Å². The van der Waals surface area contributed by atoms with Crippen LogP contribution >= 0.6 is 0 Å². The van der Waals surface area contributed by atoms with E-state index in [4.69, 9.17) is 14.9 Å². The second-order valence-corrected chi connectivity index (χ2v) is 4.17. The number of hydrogen-bond acceptors (Lipinski definition) is 3. The van der Waals surface area contributed by atoms with Gasteiger partial charge >= 0.3 is 5.97 Å². The van der Waals surface area contributed by atoms with Crippen LogP contribution in [0, 0.1) is 0 Å². The van der Waals surface area contributed by atoms with Gasteiger partial charge in [0, 0.05) is 0 Å². The second-order valence-electron chi connectivity index (χ2n) is 4.17. The standard InChI is InChI=1S/C15H14O4/c16-13-5-1-12(2-6-13)10-19-14-7-3-11(4-8-14)9-15(17)18/h1-8,16H,9-10H2,(H,17,18). The number of phenols is 1. The molecule has 0 radical (unpaired) electrons. The number of hydrogen-bond donors (Lipinski definition) is 2. The van der Waals surface area contributed by atoms with Crippen molar-refractivity contribution in [2.45, 2.75) is 13.0 Å². The van der Waals surface area contributed by atoms with E-state index in [1.54, 1.807) is 48.5 Å². The number of rotatable bonds is 5. The van der Waals surface area contributed by atoms with E-state index in [-0.39, 0.29) is 12.2 Å². The number of benzene rings is 2. The van der Waals surface area contributed by atoms with Gasteiger partial charge in [0.25, 0.3) is 0 Å². The zero-order chi connectivity index (χ0) is 13.7. The topological polar surface area (TPSA) is 66.8 Å². The van der Waals surface area contributed by atoms with Crippen LogP contribution in [0.2, 0.25) is 0 Å². The molecule has 0 saturated heterocycles. The van der Waals surface area contributed by atoms with Crippen LogP contribution in [0.25, 0.3) is 0 Å². The van der Waals surface area contributed by atoms with Gasteiger partial charge < -0.3 is 14.9 Å². The summed E-state index contributed by atoms with van der Waals surface area (Å²) >= 11 is 0. The van der Waals surface area contributed by atoms with Gasteiger partial charge in [-0.15, -0.1) is 0 Å². The van der Waals surface area contributed by atoms with Crippen molar-refractivity contribution in [2.75, 3.05) is 0 Å². The first kappa shape index (κ1) is 13.0. The molecule has 2 aromatic carbocycles. The summed E-state index contributed by atoms with van der Waals surface area (Å²) in [6, 6.07) is 13.8. The van der Waals surface area contributed by atoms with Crippen molar-refractivity contribution in [1.82, 2.24) is 0 Å². The molecule has 2 N–H and O–H groups in total. The molecule has 0 atom stereocenters. The van der Waals surface area contributed by atoms with E-state index in [0.29, 0.717) is 12.4 Å². The summed E-state index contributed by atoms with van der Waals surface area (Å²) in [7, 11) is 0. The summed E-state index contributed by atoms with van der Waals surface area (Å²) in [5.41, 5.74) is 1.69. The first-order valence-electron chi connectivity index (χ1n) is 5.85. The van der Waals surface area contributed by atoms with E-state index < -0.39 is 5.97 Å². The maximum Gasteiger partial charge on any atom is 0.307 e. The molecule has 0 aromatic heterocycles. The normalized spacial score (nSPS) is 10.1. The summed E-state index contributed by atoms with van der Waals surface area (Å²) in [5.74, 6) is 0.0572. The third-order valence-electron chi connectivity index (χ3n) is 2.62. The van der Waals surface area contributed by atoms with Crippen LogP contribution in [0.3, 0.4) is 0 Å². The van der Waals surface area contributed by atoms with E-state index in [1.165, 1.54) is 0 Å². The van der Waals surface area contributed by atoms with Gasteiger partial charge in [-0.25, -0.2) is 0 Å². The summed E-state index contributed by atoms with van der Waals surface area (Å²) in [5, 5.41) is 17.8. The number of ether oxygens (including phenoxy) is 1. The van der Waals surface area contributed by atoms with Crippen molar-refractivity contribution in [3.8, 4) is 11.5 Å². The molecule has 0 aliphatic rings. The number of carbonyl (C=O) groups is 1. The fourth-order valence-corrected chi connectivity index (χ4v) is 1.64. The van der Waals surface area contributed by atoms with Crippen molar-refractivity contribution in [3.63, 3.8) is 0 Å². The molecule has 0 heterocycles. The highest BCUT2D eigenvalue weighted by atomic mass is 16.5. The highest BCUT2D eigenvalue weighted by Crippen LogP contribution is 2.16. The molecule has 0 aliphatic carbocycles. The minimum atomic E-state index is -0.849. The van der Waals surface area contributed by atoms with Crippen LogP contribution in [0.15, 0.2) is 48.5 Å². The predicted octanol–water partition coefficient (Wildman–Crippen LogP) is 2.60. The van der Waals surface area contributed by atoms with Gasteiger partial charge in [0.1, 0.15) is 18.1 Å². The molecule has 0 fully saturated rings. The molecule has 0 unspecified atom stereocenters. The minimum Gasteiger partial charge on any atom is -0.508 e. The molecule has 2 aromatic rings. The van der Waals surface area contributed by atoms with E-state index >= 15 is 0 Å². The fourth-order valence-electron chi connectivity index (χ4n) is 1.64. The smallest absolute Gasteiger partial charge is 0.307 e. The van der Waals surface area contributed by atoms with Crippen molar-refractivity contribution in [1.29, 1.82) is 0 Å². The van der Waals surface area contributed by atoms with Crippen LogP contribution in [-0.4, -0.2) is 16.2 Å². The number of phenolic OH excluding ortho intramolecular Hbond substituents is 1. The Labute approximate surface area is 110 Å². The Morgan fingerprint density at radius 3 is 2.11 bits per heavy atom. The van der Waals surface area contributed by atoms with Gasteiger partial charge in [-0.1, -0.05) is 24.3 Å². The van der Waals surface area contributed by atoms with Gasteiger partial charge in [-0.05, 0) is 35.4 Å². The highest BCUT2D eigenvalue weighted by molar-refractivity contribution is 5.70. The summed E-state index contributed by atoms with van der Waals surface area (Å²) in [4.78, 5) is 10.5. The van der Waals surface area contributed by atoms with Gasteiger partial charge in [0.2, 0.25) is 0 Å². The molecule has 98 valence electrons. The lowest BCUT2D eigenvalue weighted by Gasteiger charge is -2.07. The van der Waals surface area contributed by atoms with Crippen LogP contribution < -0.4 is 4.74 Å². The average molecular weight is 258 g/mol. The molecular formula is C15H14O4. The maximum atomic E-state index is 10.5. The highest BCUT2D eigenvalue weighted by Gasteiger charge is 2.01. The Balaban J connectivity index is 1.92. The Hall–Kier alpha value is -2.49. The lowest BCUT2D eigenvalue weighted by molar-refractivity contribution is -0.136. The lowest BCUT2D eigenvalue weighted by Crippen LogP contribution is -2.00. The van der Waals surface area contributed by atoms with Gasteiger partial charge in [0.15, 0.2) is 0 Å². The van der Waals surface area contributed by atoms with Gasteiger partial charge in [-0.2, -0.15) is 0 Å². The molecule has 0 saturated carbocycles. The summed E-state index contributed by atoms with van der Waals surface area (Å²) < 4.78 is 5.56. The monoisotopic (exact) mass is 258 g/mol. The molecule has 0 spiro atoms. The van der Waals surface area contributed by atoms with E-state index in [2.05, 4.69) is 0 Å². The van der Waals surface area contributed by atoms with E-state index in [9.17, 15) is 4.79 Å². The molecule has 4 nitrogen and oxygen atoms in total. The third-order valence-corrected chi connectivity index (χ3v) is 2.62. The molecule has 2 rings (SSSR count). The zero-order valence-electron chi connectivity index (χ0n) is 10.2. The van der Waals surface area contributed by atoms with Crippen molar-refractivity contribution < 1.29 is 19.7 Å². The van der Waals surface area contributed by atoms with Crippen LogP contribution in [-0.2, 0) is 17.8 Å². The Morgan fingerprint density at radius 1 is 0.947 bits per heavy atom. The Bertz CT molecular complexity index is 543. The molecule has 0 bridgehead atoms. The minimum absolute atomic E-state index is 0.0121. The quantitative estimate of drug-likeness (QED) is 0.865. The van der Waals surface area contributed by atoms with E-state index in [0.717, 1.165) is 11.1 Å². The summed E-state index contributed by atoms with van der Waals surface area (Å²) in [6.45, 7) is 0.401. The number of aromatic hydroxyl groups is 1. The number of carboxylic acid groups (broad SMARTS) is 1. The Morgan fingerprint density at radius 2 is 1.53 bits per heavy atom. The molecular weight excluding hydrogens is 244 g/mol. The SMILES string of the molecule is O=C(O)Cc1ccc(OCc2ccc(O)cc2)cc1. The third kappa shape index (κ3) is 4.03. The summed E-state index contributed by atoms with van der Waals surface area (Å²) in [6.07, 6.45) is 0.0121. The van der Waals surface area contributed by atoms with Crippen LogP contribution in [0.1, 0.15) is 11.1 Å². The second kappa shape index (κ2) is 5.91. The van der Waals surface area contributed by atoms with Crippen LogP contribution in [0.4, 0.5) is 0 Å². The first-order chi connectivity index (χ1) is 9.13. The van der Waals surface area contributed by atoms with Gasteiger partial charge in [0.05, 0.1) is 6.42 Å². The van der Waals surface area contributed by atoms with E-state index in [1.807, 2.05) is 0 Å². The molecule has 0 aliphatic heterocycles.